The van der Waals surface area contributed by atoms with E-state index in [-0.39, 0.29) is 17.4 Å². The van der Waals surface area contributed by atoms with Crippen LogP contribution in [0.1, 0.15) is 65.5 Å². The van der Waals surface area contributed by atoms with Crippen molar-refractivity contribution < 1.29 is 18.9 Å². The first-order valence-corrected chi connectivity index (χ1v) is 12.1. The lowest BCUT2D eigenvalue weighted by Gasteiger charge is -2.19. The summed E-state index contributed by atoms with van der Waals surface area (Å²) in [6, 6.07) is 13.5. The van der Waals surface area contributed by atoms with E-state index in [0.29, 0.717) is 6.42 Å². The third-order valence-corrected chi connectivity index (χ3v) is 6.15. The van der Waals surface area contributed by atoms with Crippen LogP contribution in [0.25, 0.3) is 21.8 Å². The van der Waals surface area contributed by atoms with Crippen LogP contribution >= 0.6 is 7.82 Å². The molecule has 30 heavy (non-hydrogen) atoms. The van der Waals surface area contributed by atoms with E-state index >= 15 is 0 Å². The highest BCUT2D eigenvalue weighted by molar-refractivity contribution is 7.46. The van der Waals surface area contributed by atoms with Gasteiger partial charge in [0.1, 0.15) is 0 Å². The molecule has 0 aliphatic rings. The number of hydrogen-bond donors (Lipinski definition) is 2. The van der Waals surface area contributed by atoms with Crippen molar-refractivity contribution >= 4 is 29.6 Å². The van der Waals surface area contributed by atoms with Crippen LogP contribution in [0.3, 0.4) is 0 Å². The van der Waals surface area contributed by atoms with Gasteiger partial charge >= 0.3 is 7.82 Å². The Morgan fingerprint density at radius 1 is 0.833 bits per heavy atom. The van der Waals surface area contributed by atoms with Gasteiger partial charge in [-0.05, 0) is 59.1 Å². The summed E-state index contributed by atoms with van der Waals surface area (Å²) in [5.74, 6) is 0. The van der Waals surface area contributed by atoms with E-state index in [4.69, 9.17) is 9.79 Å². The second kappa shape index (κ2) is 8.12. The summed E-state index contributed by atoms with van der Waals surface area (Å²) in [6.45, 7) is 14.2. The molecule has 0 spiro atoms. The predicted molar refractivity (Wildman–Crippen MR) is 124 cm³/mol. The maximum atomic E-state index is 10.9. The van der Waals surface area contributed by atoms with Gasteiger partial charge in [0.2, 0.25) is 0 Å². The van der Waals surface area contributed by atoms with Crippen LogP contribution in [0.2, 0.25) is 0 Å². The summed E-state index contributed by atoms with van der Waals surface area (Å²) in [7, 11) is -4.39. The van der Waals surface area contributed by atoms with Gasteiger partial charge in [-0.2, -0.15) is 0 Å². The molecule has 0 aliphatic carbocycles. The normalized spacial score (nSPS) is 13.5. The Morgan fingerprint density at radius 3 is 1.70 bits per heavy atom. The minimum Gasteiger partial charge on any atom is -0.340 e. The van der Waals surface area contributed by atoms with Crippen molar-refractivity contribution in [1.29, 1.82) is 0 Å². The molecular weight excluding hydrogens is 397 g/mol. The number of rotatable bonds is 6. The summed E-state index contributed by atoms with van der Waals surface area (Å²) in [6.07, 6.45) is 1.37. The molecule has 1 aromatic heterocycles. The average molecular weight is 432 g/mol. The number of aryl methyl sites for hydroxylation is 1. The van der Waals surface area contributed by atoms with Crippen molar-refractivity contribution in [1.82, 2.24) is 4.57 Å². The number of unbranched alkanes of at least 4 members (excludes halogenated alkanes) is 1. The number of fused-ring (bicyclic) bond motifs is 3. The van der Waals surface area contributed by atoms with E-state index in [1.54, 1.807) is 0 Å². The first-order valence-electron chi connectivity index (χ1n) is 10.5. The molecule has 3 rings (SSSR count). The SMILES string of the molecule is CC(C)(C)c1ccc2c(c1)c1cc(C(C)(C)C)ccc1n2CCCCOP(=O)(O)O. The highest BCUT2D eigenvalue weighted by atomic mass is 31.2. The Kier molecular flexibility index (Phi) is 6.23. The van der Waals surface area contributed by atoms with E-state index in [0.717, 1.165) is 13.0 Å². The third-order valence-electron chi connectivity index (χ3n) is 5.63. The molecule has 3 aromatic rings. The van der Waals surface area contributed by atoms with Gasteiger partial charge < -0.3 is 14.4 Å². The first kappa shape index (κ1) is 23.0. The van der Waals surface area contributed by atoms with Crippen molar-refractivity contribution in [3.63, 3.8) is 0 Å². The molecule has 0 unspecified atom stereocenters. The standard InChI is InChI=1S/C24H34NO4P/c1-23(2,3)17-9-11-21-19(15-17)20-16-18(24(4,5)6)10-12-22(20)25(21)13-7-8-14-29-30(26,27)28/h9-12,15-16H,7-8,13-14H2,1-6H3,(H2,26,27,28). The second-order valence-electron chi connectivity index (χ2n) is 10.1. The lowest BCUT2D eigenvalue weighted by molar-refractivity contribution is 0.193. The predicted octanol–water partition coefficient (Wildman–Crippen LogP) is 6.28. The van der Waals surface area contributed by atoms with Crippen LogP contribution in [0.15, 0.2) is 36.4 Å². The van der Waals surface area contributed by atoms with Crippen LogP contribution in [0.5, 0.6) is 0 Å². The molecule has 0 bridgehead atoms. The summed E-state index contributed by atoms with van der Waals surface area (Å²) in [5, 5.41) is 2.52. The molecule has 6 heteroatoms. The zero-order valence-electron chi connectivity index (χ0n) is 18.9. The molecule has 0 fully saturated rings. The summed E-state index contributed by atoms with van der Waals surface area (Å²) < 4.78 is 17.8. The minimum absolute atomic E-state index is 0.0593. The maximum absolute atomic E-state index is 10.9. The van der Waals surface area contributed by atoms with Gasteiger partial charge in [0.15, 0.2) is 0 Å². The first-order chi connectivity index (χ1) is 13.8. The number of aromatic nitrogens is 1. The zero-order chi connectivity index (χ0) is 22.3. The molecule has 0 saturated heterocycles. The van der Waals surface area contributed by atoms with Crippen LogP contribution in [0.4, 0.5) is 0 Å². The van der Waals surface area contributed by atoms with Crippen LogP contribution in [-0.2, 0) is 26.5 Å². The number of phosphoric ester groups is 1. The van der Waals surface area contributed by atoms with Gasteiger partial charge in [-0.3, -0.25) is 4.52 Å². The third kappa shape index (κ3) is 5.15. The topological polar surface area (TPSA) is 71.7 Å². The molecule has 1 heterocycles. The Bertz CT molecular complexity index is 1030. The summed E-state index contributed by atoms with van der Waals surface area (Å²) in [4.78, 5) is 17.7. The van der Waals surface area contributed by atoms with Crippen molar-refractivity contribution in [2.24, 2.45) is 0 Å². The van der Waals surface area contributed by atoms with Crippen LogP contribution < -0.4 is 0 Å². The fraction of sp³-hybridized carbons (Fsp3) is 0.500. The Balaban J connectivity index is 2.03. The Hall–Kier alpha value is -1.65. The Morgan fingerprint density at radius 2 is 1.30 bits per heavy atom. The molecule has 0 saturated carbocycles. The van der Waals surface area contributed by atoms with Gasteiger partial charge in [0.05, 0.1) is 6.61 Å². The minimum atomic E-state index is -4.39. The fourth-order valence-electron chi connectivity index (χ4n) is 3.83. The lowest BCUT2D eigenvalue weighted by Crippen LogP contribution is -2.10. The molecule has 0 amide bonds. The number of nitrogens with zero attached hydrogens (tertiary/aromatic N) is 1. The van der Waals surface area contributed by atoms with E-state index in [9.17, 15) is 4.57 Å². The van der Waals surface area contributed by atoms with Gasteiger partial charge in [-0.15, -0.1) is 0 Å². The van der Waals surface area contributed by atoms with Gasteiger partial charge in [0.25, 0.3) is 0 Å². The average Bonchev–Trinajstić information content (AvgIpc) is 2.92. The quantitative estimate of drug-likeness (QED) is 0.356. The zero-order valence-corrected chi connectivity index (χ0v) is 19.8. The Labute approximate surface area is 179 Å². The molecular formula is C24H34NO4P. The lowest BCUT2D eigenvalue weighted by atomic mass is 9.85. The summed E-state index contributed by atoms with van der Waals surface area (Å²) >= 11 is 0. The summed E-state index contributed by atoms with van der Waals surface area (Å²) in [5.41, 5.74) is 5.16. The molecule has 0 atom stereocenters. The van der Waals surface area contributed by atoms with E-state index in [2.05, 4.69) is 87.0 Å². The van der Waals surface area contributed by atoms with Crippen LogP contribution in [0, 0.1) is 0 Å². The maximum Gasteiger partial charge on any atom is 0.469 e. The molecule has 164 valence electrons. The van der Waals surface area contributed by atoms with E-state index in [1.165, 1.54) is 32.9 Å². The highest BCUT2D eigenvalue weighted by Crippen LogP contribution is 2.37. The number of benzene rings is 2. The molecule has 5 nitrogen and oxygen atoms in total. The van der Waals surface area contributed by atoms with Gasteiger partial charge in [0, 0.05) is 28.4 Å². The van der Waals surface area contributed by atoms with Crippen molar-refractivity contribution in [2.75, 3.05) is 6.61 Å². The van der Waals surface area contributed by atoms with Crippen molar-refractivity contribution in [3.8, 4) is 0 Å². The van der Waals surface area contributed by atoms with E-state index in [1.807, 2.05) is 0 Å². The highest BCUT2D eigenvalue weighted by Gasteiger charge is 2.20. The van der Waals surface area contributed by atoms with Crippen LogP contribution in [-0.4, -0.2) is 21.0 Å². The smallest absolute Gasteiger partial charge is 0.340 e. The van der Waals surface area contributed by atoms with Gasteiger partial charge in [-0.1, -0.05) is 53.7 Å². The molecule has 2 N–H and O–H groups in total. The number of phosphoric acid groups is 1. The fourth-order valence-corrected chi connectivity index (χ4v) is 4.20. The van der Waals surface area contributed by atoms with Gasteiger partial charge in [-0.25, -0.2) is 4.57 Å². The van der Waals surface area contributed by atoms with Crippen molar-refractivity contribution in [2.45, 2.75) is 71.8 Å². The largest absolute Gasteiger partial charge is 0.469 e. The second-order valence-corrected chi connectivity index (χ2v) is 11.4. The monoisotopic (exact) mass is 431 g/mol. The molecule has 0 aliphatic heterocycles. The van der Waals surface area contributed by atoms with E-state index < -0.39 is 7.82 Å². The molecule has 2 aromatic carbocycles. The molecule has 0 radical (unpaired) electrons. The number of hydrogen-bond acceptors (Lipinski definition) is 2. The van der Waals surface area contributed by atoms with Crippen molar-refractivity contribution in [3.05, 3.63) is 47.5 Å².